The van der Waals surface area contributed by atoms with Gasteiger partial charge in [-0.3, -0.25) is 4.90 Å². The van der Waals surface area contributed by atoms with Gasteiger partial charge in [0.05, 0.1) is 11.7 Å². The van der Waals surface area contributed by atoms with Gasteiger partial charge in [0.2, 0.25) is 0 Å². The van der Waals surface area contributed by atoms with Gasteiger partial charge in [0.25, 0.3) is 0 Å². The molecule has 32 heavy (non-hydrogen) atoms. The molecule has 2 aromatic heterocycles. The van der Waals surface area contributed by atoms with E-state index >= 15 is 0 Å². The van der Waals surface area contributed by atoms with Crippen molar-refractivity contribution in [1.82, 2.24) is 20.1 Å². The first-order chi connectivity index (χ1) is 15.5. The van der Waals surface area contributed by atoms with Crippen LogP contribution in [0.3, 0.4) is 0 Å². The SMILES string of the molecule is Cc1cccc([C@@H](C)Nc2nnc(C)c3cnc(N4CCN5CCCC[C@@H]5C4)cc23)c1C. The number of nitrogens with one attached hydrogen (secondary N) is 1. The lowest BCUT2D eigenvalue weighted by Crippen LogP contribution is -2.55. The Kier molecular flexibility index (Phi) is 5.72. The van der Waals surface area contributed by atoms with Gasteiger partial charge in [0.15, 0.2) is 5.82 Å². The number of aryl methyl sites for hydroxylation is 2. The van der Waals surface area contributed by atoms with Crippen LogP contribution in [-0.2, 0) is 0 Å². The van der Waals surface area contributed by atoms with Crippen molar-refractivity contribution in [2.24, 2.45) is 0 Å². The van der Waals surface area contributed by atoms with Crippen molar-refractivity contribution in [3.8, 4) is 0 Å². The second-order valence-corrected chi connectivity index (χ2v) is 9.51. The quantitative estimate of drug-likeness (QED) is 0.642. The molecule has 0 aliphatic carbocycles. The van der Waals surface area contributed by atoms with Crippen LogP contribution < -0.4 is 10.2 Å². The number of hydrogen-bond acceptors (Lipinski definition) is 6. The molecule has 5 rings (SSSR count). The molecule has 2 fully saturated rings. The summed E-state index contributed by atoms with van der Waals surface area (Å²) in [4.78, 5) is 9.97. The summed E-state index contributed by atoms with van der Waals surface area (Å²) < 4.78 is 0. The van der Waals surface area contributed by atoms with Crippen molar-refractivity contribution in [2.75, 3.05) is 36.4 Å². The zero-order chi connectivity index (χ0) is 22.2. The molecule has 2 aliphatic rings. The average molecular weight is 431 g/mol. The summed E-state index contributed by atoms with van der Waals surface area (Å²) in [7, 11) is 0. The van der Waals surface area contributed by atoms with Crippen molar-refractivity contribution in [3.05, 3.63) is 52.8 Å². The summed E-state index contributed by atoms with van der Waals surface area (Å²) in [5.41, 5.74) is 4.85. The molecule has 6 nitrogen and oxygen atoms in total. The molecule has 4 heterocycles. The maximum absolute atomic E-state index is 4.85. The van der Waals surface area contributed by atoms with Gasteiger partial charge < -0.3 is 10.2 Å². The number of nitrogens with zero attached hydrogens (tertiary/aromatic N) is 5. The molecule has 2 aliphatic heterocycles. The largest absolute Gasteiger partial charge is 0.362 e. The molecule has 1 aromatic carbocycles. The molecule has 2 atom stereocenters. The average Bonchev–Trinajstić information content (AvgIpc) is 2.82. The first kappa shape index (κ1) is 21.1. The maximum Gasteiger partial charge on any atom is 0.157 e. The Morgan fingerprint density at radius 3 is 2.78 bits per heavy atom. The van der Waals surface area contributed by atoms with Crippen LogP contribution in [0.1, 0.15) is 54.6 Å². The van der Waals surface area contributed by atoms with Crippen molar-refractivity contribution in [2.45, 2.75) is 59.0 Å². The van der Waals surface area contributed by atoms with Gasteiger partial charge in [-0.15, -0.1) is 5.10 Å². The second kappa shape index (κ2) is 8.66. The van der Waals surface area contributed by atoms with Crippen molar-refractivity contribution >= 4 is 22.4 Å². The summed E-state index contributed by atoms with van der Waals surface area (Å²) in [6.45, 7) is 13.0. The molecule has 6 heteroatoms. The molecule has 0 bridgehead atoms. The van der Waals surface area contributed by atoms with Gasteiger partial charge in [-0.05, 0) is 69.8 Å². The molecule has 0 saturated carbocycles. The van der Waals surface area contributed by atoms with E-state index < -0.39 is 0 Å². The van der Waals surface area contributed by atoms with Gasteiger partial charge in [-0.1, -0.05) is 24.6 Å². The summed E-state index contributed by atoms with van der Waals surface area (Å²) in [5.74, 6) is 1.89. The highest BCUT2D eigenvalue weighted by atomic mass is 15.3. The molecule has 2 saturated heterocycles. The lowest BCUT2D eigenvalue weighted by molar-refractivity contribution is 0.133. The first-order valence-corrected chi connectivity index (χ1v) is 12.0. The molecule has 1 N–H and O–H groups in total. The van der Waals surface area contributed by atoms with Crippen LogP contribution in [0, 0.1) is 20.8 Å². The van der Waals surface area contributed by atoms with Crippen LogP contribution in [0.25, 0.3) is 10.8 Å². The minimum absolute atomic E-state index is 0.137. The van der Waals surface area contributed by atoms with Crippen LogP contribution in [0.4, 0.5) is 11.6 Å². The van der Waals surface area contributed by atoms with Gasteiger partial charge in [-0.2, -0.15) is 5.10 Å². The van der Waals surface area contributed by atoms with E-state index in [0.717, 1.165) is 47.7 Å². The summed E-state index contributed by atoms with van der Waals surface area (Å²) in [5, 5.41) is 14.8. The van der Waals surface area contributed by atoms with E-state index in [-0.39, 0.29) is 6.04 Å². The van der Waals surface area contributed by atoms with E-state index in [4.69, 9.17) is 4.98 Å². The zero-order valence-electron chi connectivity index (χ0n) is 19.7. The van der Waals surface area contributed by atoms with Crippen LogP contribution >= 0.6 is 0 Å². The molecular formula is C26H34N6. The van der Waals surface area contributed by atoms with Gasteiger partial charge in [0, 0.05) is 42.6 Å². The van der Waals surface area contributed by atoms with Crippen LogP contribution in [0.2, 0.25) is 0 Å². The van der Waals surface area contributed by atoms with E-state index in [1.165, 1.54) is 42.5 Å². The highest BCUT2D eigenvalue weighted by Gasteiger charge is 2.29. The highest BCUT2D eigenvalue weighted by molar-refractivity contribution is 5.94. The number of piperidine rings is 1. The van der Waals surface area contributed by atoms with Crippen molar-refractivity contribution < 1.29 is 0 Å². The van der Waals surface area contributed by atoms with Gasteiger partial charge in [0.1, 0.15) is 5.82 Å². The summed E-state index contributed by atoms with van der Waals surface area (Å²) >= 11 is 0. The minimum atomic E-state index is 0.137. The fourth-order valence-corrected chi connectivity index (χ4v) is 5.33. The standard InChI is InChI=1S/C26H34N6/c1-17-8-7-10-22(18(17)2)19(3)28-26-23-14-25(27-15-24(23)20(4)29-30-26)32-13-12-31-11-6-5-9-21(31)16-32/h7-8,10,14-15,19,21H,5-6,9,11-13,16H2,1-4H3,(H,28,30)/t19-,21-/m1/s1. The normalized spacial score (nSPS) is 20.2. The lowest BCUT2D eigenvalue weighted by Gasteiger charge is -2.44. The van der Waals surface area contributed by atoms with E-state index in [1.54, 1.807) is 0 Å². The zero-order valence-corrected chi connectivity index (χ0v) is 19.7. The number of piperazine rings is 1. The number of fused-ring (bicyclic) bond motifs is 2. The van der Waals surface area contributed by atoms with E-state index in [2.05, 4.69) is 70.4 Å². The van der Waals surface area contributed by atoms with Crippen LogP contribution in [0.15, 0.2) is 30.5 Å². The van der Waals surface area contributed by atoms with E-state index in [1.807, 2.05) is 13.1 Å². The third kappa shape index (κ3) is 3.92. The minimum Gasteiger partial charge on any atom is -0.362 e. The van der Waals surface area contributed by atoms with Gasteiger partial charge in [-0.25, -0.2) is 4.98 Å². The third-order valence-electron chi connectivity index (χ3n) is 7.46. The highest BCUT2D eigenvalue weighted by Crippen LogP contribution is 2.31. The second-order valence-electron chi connectivity index (χ2n) is 9.51. The number of hydrogen-bond donors (Lipinski definition) is 1. The van der Waals surface area contributed by atoms with Crippen LogP contribution in [-0.4, -0.2) is 52.3 Å². The number of anilines is 2. The molecular weight excluding hydrogens is 396 g/mol. The van der Waals surface area contributed by atoms with Crippen molar-refractivity contribution in [1.29, 1.82) is 0 Å². The number of pyridine rings is 1. The number of aromatic nitrogens is 3. The van der Waals surface area contributed by atoms with Crippen LogP contribution in [0.5, 0.6) is 0 Å². The fraction of sp³-hybridized carbons (Fsp3) is 0.500. The molecule has 3 aromatic rings. The molecule has 0 amide bonds. The molecule has 168 valence electrons. The smallest absolute Gasteiger partial charge is 0.157 e. The predicted octanol–water partition coefficient (Wildman–Crippen LogP) is 4.80. The Hall–Kier alpha value is -2.73. The monoisotopic (exact) mass is 430 g/mol. The molecule has 0 spiro atoms. The predicted molar refractivity (Wildman–Crippen MR) is 131 cm³/mol. The Bertz CT molecular complexity index is 1130. The Labute approximate surface area is 191 Å². The number of benzene rings is 1. The molecule has 0 radical (unpaired) electrons. The van der Waals surface area contributed by atoms with Gasteiger partial charge >= 0.3 is 0 Å². The Morgan fingerprint density at radius 2 is 1.91 bits per heavy atom. The fourth-order valence-electron chi connectivity index (χ4n) is 5.33. The maximum atomic E-state index is 4.85. The topological polar surface area (TPSA) is 57.2 Å². The van der Waals surface area contributed by atoms with E-state index in [0.29, 0.717) is 6.04 Å². The Morgan fingerprint density at radius 1 is 1.03 bits per heavy atom. The summed E-state index contributed by atoms with van der Waals surface area (Å²) in [6, 6.07) is 9.50. The van der Waals surface area contributed by atoms with Crippen molar-refractivity contribution in [3.63, 3.8) is 0 Å². The first-order valence-electron chi connectivity index (χ1n) is 12.0. The lowest BCUT2D eigenvalue weighted by atomic mass is 9.98. The Balaban J connectivity index is 1.46. The number of rotatable bonds is 4. The van der Waals surface area contributed by atoms with E-state index in [9.17, 15) is 0 Å². The third-order valence-corrected chi connectivity index (χ3v) is 7.46. The summed E-state index contributed by atoms with van der Waals surface area (Å²) in [6.07, 6.45) is 5.97. The molecule has 0 unspecified atom stereocenters.